The number of alkyl halides is 1. The summed E-state index contributed by atoms with van der Waals surface area (Å²) in [5.41, 5.74) is 0. The zero-order chi connectivity index (χ0) is 10.7. The Labute approximate surface area is 94.5 Å². The van der Waals surface area contributed by atoms with E-state index in [4.69, 9.17) is 25.8 Å². The van der Waals surface area contributed by atoms with Gasteiger partial charge >= 0.3 is 0 Å². The van der Waals surface area contributed by atoms with Gasteiger partial charge in [0, 0.05) is 18.7 Å². The minimum atomic E-state index is -0.424. The van der Waals surface area contributed by atoms with Crippen molar-refractivity contribution in [1.29, 1.82) is 0 Å². The topological polar surface area (TPSA) is 51.2 Å². The Morgan fingerprint density at radius 1 is 1.33 bits per heavy atom. The predicted molar refractivity (Wildman–Crippen MR) is 55.2 cm³/mol. The van der Waals surface area contributed by atoms with Crippen LogP contribution in [-0.2, 0) is 14.2 Å². The summed E-state index contributed by atoms with van der Waals surface area (Å²) in [4.78, 5) is 0. The second kappa shape index (κ2) is 5.46. The molecular formula is C10H17ClO4. The highest BCUT2D eigenvalue weighted by Crippen LogP contribution is 2.19. The first-order valence-corrected chi connectivity index (χ1v) is 5.90. The van der Waals surface area contributed by atoms with E-state index in [1.165, 1.54) is 0 Å². The molecule has 0 aromatic carbocycles. The molecule has 2 aliphatic heterocycles. The van der Waals surface area contributed by atoms with Crippen LogP contribution in [0, 0.1) is 0 Å². The maximum Gasteiger partial charge on any atom is 0.0835 e. The van der Waals surface area contributed by atoms with Crippen LogP contribution >= 0.6 is 11.6 Å². The minimum Gasteiger partial charge on any atom is -0.391 e. The average Bonchev–Trinajstić information content (AvgIpc) is 2.92. The molecule has 4 nitrogen and oxygen atoms in total. The number of halogens is 1. The van der Waals surface area contributed by atoms with Crippen molar-refractivity contribution >= 4 is 11.6 Å². The number of rotatable bonds is 6. The smallest absolute Gasteiger partial charge is 0.0835 e. The Bertz CT molecular complexity index is 198. The van der Waals surface area contributed by atoms with E-state index in [9.17, 15) is 5.11 Å². The van der Waals surface area contributed by atoms with Gasteiger partial charge in [0.05, 0.1) is 44.2 Å². The van der Waals surface area contributed by atoms with E-state index < -0.39 is 6.10 Å². The number of epoxide rings is 1. The van der Waals surface area contributed by atoms with Gasteiger partial charge in [-0.05, 0) is 0 Å². The van der Waals surface area contributed by atoms with E-state index in [0.717, 1.165) is 13.0 Å². The van der Waals surface area contributed by atoms with Gasteiger partial charge in [-0.15, -0.1) is 11.6 Å². The fourth-order valence-corrected chi connectivity index (χ4v) is 1.93. The third-order valence-corrected chi connectivity index (χ3v) is 3.02. The molecule has 4 atom stereocenters. The first kappa shape index (κ1) is 11.6. The SMILES string of the molecule is OC(COC1COC(CCl)C1)CC1CO1. The molecule has 4 unspecified atom stereocenters. The molecule has 0 aliphatic carbocycles. The van der Waals surface area contributed by atoms with Crippen molar-refractivity contribution in [3.63, 3.8) is 0 Å². The molecule has 2 heterocycles. The van der Waals surface area contributed by atoms with Crippen molar-refractivity contribution in [2.24, 2.45) is 0 Å². The van der Waals surface area contributed by atoms with Crippen LogP contribution in [0.4, 0.5) is 0 Å². The van der Waals surface area contributed by atoms with E-state index >= 15 is 0 Å². The van der Waals surface area contributed by atoms with Gasteiger partial charge < -0.3 is 19.3 Å². The Kier molecular flexibility index (Phi) is 4.22. The van der Waals surface area contributed by atoms with Crippen LogP contribution in [0.1, 0.15) is 12.8 Å². The molecule has 2 aliphatic rings. The molecule has 2 saturated heterocycles. The Balaban J connectivity index is 1.56. The summed E-state index contributed by atoms with van der Waals surface area (Å²) in [6.07, 6.45) is 1.53. The maximum absolute atomic E-state index is 9.57. The Morgan fingerprint density at radius 2 is 2.13 bits per heavy atom. The Hall–Kier alpha value is 0.130. The molecule has 0 bridgehead atoms. The molecule has 0 radical (unpaired) electrons. The molecule has 0 saturated carbocycles. The van der Waals surface area contributed by atoms with Crippen molar-refractivity contribution in [2.45, 2.75) is 37.3 Å². The number of hydrogen-bond donors (Lipinski definition) is 1. The highest BCUT2D eigenvalue weighted by molar-refractivity contribution is 6.18. The molecule has 88 valence electrons. The van der Waals surface area contributed by atoms with Crippen molar-refractivity contribution in [3.05, 3.63) is 0 Å². The van der Waals surface area contributed by atoms with Crippen LogP contribution in [-0.4, -0.2) is 55.2 Å². The first-order chi connectivity index (χ1) is 7.28. The maximum atomic E-state index is 9.57. The van der Waals surface area contributed by atoms with Gasteiger partial charge in [-0.3, -0.25) is 0 Å². The molecule has 1 N–H and O–H groups in total. The van der Waals surface area contributed by atoms with Crippen LogP contribution in [0.2, 0.25) is 0 Å². The molecule has 15 heavy (non-hydrogen) atoms. The molecule has 0 spiro atoms. The Morgan fingerprint density at radius 3 is 2.73 bits per heavy atom. The van der Waals surface area contributed by atoms with E-state index in [0.29, 0.717) is 25.5 Å². The van der Waals surface area contributed by atoms with E-state index in [2.05, 4.69) is 0 Å². The number of aliphatic hydroxyl groups is 1. The second-order valence-corrected chi connectivity index (χ2v) is 4.45. The molecule has 2 rings (SSSR count). The predicted octanol–water partition coefficient (Wildman–Crippen LogP) is 0.549. The molecule has 0 amide bonds. The van der Waals surface area contributed by atoms with E-state index in [1.54, 1.807) is 0 Å². The van der Waals surface area contributed by atoms with Gasteiger partial charge in [-0.2, -0.15) is 0 Å². The fourth-order valence-electron chi connectivity index (χ4n) is 1.72. The highest BCUT2D eigenvalue weighted by atomic mass is 35.5. The fraction of sp³-hybridized carbons (Fsp3) is 1.00. The van der Waals surface area contributed by atoms with Crippen LogP contribution in [0.3, 0.4) is 0 Å². The minimum absolute atomic E-state index is 0.0866. The lowest BCUT2D eigenvalue weighted by Gasteiger charge is -2.13. The van der Waals surface area contributed by atoms with Crippen molar-refractivity contribution in [1.82, 2.24) is 0 Å². The number of ether oxygens (including phenoxy) is 3. The molecular weight excluding hydrogens is 220 g/mol. The molecule has 5 heteroatoms. The quantitative estimate of drug-likeness (QED) is 0.541. The summed E-state index contributed by atoms with van der Waals surface area (Å²) in [6, 6.07) is 0. The summed E-state index contributed by atoms with van der Waals surface area (Å²) >= 11 is 5.67. The van der Waals surface area contributed by atoms with Crippen LogP contribution in [0.15, 0.2) is 0 Å². The number of aliphatic hydroxyl groups excluding tert-OH is 1. The highest BCUT2D eigenvalue weighted by Gasteiger charge is 2.28. The van der Waals surface area contributed by atoms with Gasteiger partial charge in [0.2, 0.25) is 0 Å². The van der Waals surface area contributed by atoms with Crippen molar-refractivity contribution < 1.29 is 19.3 Å². The third-order valence-electron chi connectivity index (χ3n) is 2.68. The van der Waals surface area contributed by atoms with Gasteiger partial charge in [0.25, 0.3) is 0 Å². The second-order valence-electron chi connectivity index (χ2n) is 4.15. The molecule has 0 aromatic rings. The van der Waals surface area contributed by atoms with Gasteiger partial charge in [0.1, 0.15) is 0 Å². The van der Waals surface area contributed by atoms with Gasteiger partial charge in [-0.25, -0.2) is 0 Å². The largest absolute Gasteiger partial charge is 0.391 e. The number of hydrogen-bond acceptors (Lipinski definition) is 4. The summed E-state index contributed by atoms with van der Waals surface area (Å²) in [5.74, 6) is 0.512. The third kappa shape index (κ3) is 3.89. The zero-order valence-corrected chi connectivity index (χ0v) is 9.36. The van der Waals surface area contributed by atoms with E-state index in [1.807, 2.05) is 0 Å². The van der Waals surface area contributed by atoms with Crippen LogP contribution in [0.25, 0.3) is 0 Å². The monoisotopic (exact) mass is 236 g/mol. The zero-order valence-electron chi connectivity index (χ0n) is 8.60. The van der Waals surface area contributed by atoms with Gasteiger partial charge in [0.15, 0.2) is 0 Å². The molecule has 2 fully saturated rings. The summed E-state index contributed by atoms with van der Waals surface area (Å²) in [5, 5.41) is 9.57. The van der Waals surface area contributed by atoms with Crippen LogP contribution in [0.5, 0.6) is 0 Å². The summed E-state index contributed by atoms with van der Waals surface area (Å²) in [7, 11) is 0. The van der Waals surface area contributed by atoms with Gasteiger partial charge in [-0.1, -0.05) is 0 Å². The lowest BCUT2D eigenvalue weighted by Crippen LogP contribution is -2.23. The van der Waals surface area contributed by atoms with Crippen molar-refractivity contribution in [3.8, 4) is 0 Å². The first-order valence-electron chi connectivity index (χ1n) is 5.36. The van der Waals surface area contributed by atoms with E-state index in [-0.39, 0.29) is 18.3 Å². The lowest BCUT2D eigenvalue weighted by molar-refractivity contribution is -0.0173. The van der Waals surface area contributed by atoms with Crippen LogP contribution < -0.4 is 0 Å². The lowest BCUT2D eigenvalue weighted by atomic mass is 10.2. The molecule has 0 aromatic heterocycles. The normalized spacial score (nSPS) is 36.8. The summed E-state index contributed by atoms with van der Waals surface area (Å²) in [6.45, 7) is 1.73. The summed E-state index contributed by atoms with van der Waals surface area (Å²) < 4.78 is 15.9. The van der Waals surface area contributed by atoms with Crippen molar-refractivity contribution in [2.75, 3.05) is 25.7 Å². The standard InChI is InChI=1S/C10H17ClO4/c11-3-8-2-10(6-14-8)13-4-7(12)1-9-5-15-9/h7-10,12H,1-6H2. The average molecular weight is 237 g/mol.